The molecule has 5 rings (SSSR count). The molecule has 2 aliphatic rings. The molecule has 12 heteroatoms. The van der Waals surface area contributed by atoms with E-state index in [9.17, 15) is 18.0 Å². The van der Waals surface area contributed by atoms with Crippen molar-refractivity contribution >= 4 is 29.3 Å². The zero-order chi connectivity index (χ0) is 27.4. The van der Waals surface area contributed by atoms with Crippen LogP contribution in [-0.4, -0.2) is 45.3 Å². The van der Waals surface area contributed by atoms with Crippen LogP contribution in [0.2, 0.25) is 0 Å². The van der Waals surface area contributed by atoms with Gasteiger partial charge in [-0.25, -0.2) is 9.78 Å². The Bertz CT molecular complexity index is 1270. The highest BCUT2D eigenvalue weighted by Crippen LogP contribution is 2.34. The monoisotopic (exact) mass is 542 g/mol. The largest absolute Gasteiger partial charge is 0.416 e. The van der Waals surface area contributed by atoms with Gasteiger partial charge in [0.1, 0.15) is 5.82 Å². The molecule has 9 nitrogen and oxygen atoms in total. The number of amides is 2. The molecule has 2 amide bonds. The molecule has 4 N–H and O–H groups in total. The van der Waals surface area contributed by atoms with Gasteiger partial charge in [-0.2, -0.15) is 23.3 Å². The summed E-state index contributed by atoms with van der Waals surface area (Å²) in [5.41, 5.74) is 0.463. The minimum absolute atomic E-state index is 0.0666. The van der Waals surface area contributed by atoms with E-state index >= 15 is 0 Å². The standard InChI is InChI=1S/C27H33F3N8O/c1-38(25-31-14-13-23(35-25)34-24-16-22(36-37-24)17-5-2-3-6-17)21-11-9-19(10-12-21)32-26(39)33-20-8-4-7-18(15-20)27(28,29)30/h4,7-8,13-17,19,21H,2-3,5-6,9-12H2,1H3,(H2,32,33,39)(H2,31,34,35,36,37)/t19-,21-. The maximum atomic E-state index is 12.9. The highest BCUT2D eigenvalue weighted by molar-refractivity contribution is 5.89. The summed E-state index contributed by atoms with van der Waals surface area (Å²) in [5, 5.41) is 16.2. The Labute approximate surface area is 225 Å². The maximum Gasteiger partial charge on any atom is 0.416 e. The lowest BCUT2D eigenvalue weighted by Gasteiger charge is -2.35. The highest BCUT2D eigenvalue weighted by Gasteiger charge is 2.31. The second-order valence-corrected chi connectivity index (χ2v) is 10.4. The van der Waals surface area contributed by atoms with E-state index in [1.165, 1.54) is 37.8 Å². The van der Waals surface area contributed by atoms with Gasteiger partial charge in [-0.3, -0.25) is 5.10 Å². The zero-order valence-corrected chi connectivity index (χ0v) is 21.8. The molecule has 0 atom stereocenters. The number of benzene rings is 1. The summed E-state index contributed by atoms with van der Waals surface area (Å²) in [4.78, 5) is 23.6. The first-order chi connectivity index (χ1) is 18.7. The quantitative estimate of drug-likeness (QED) is 0.283. The lowest BCUT2D eigenvalue weighted by Crippen LogP contribution is -2.44. The van der Waals surface area contributed by atoms with E-state index in [0.717, 1.165) is 49.3 Å². The smallest absolute Gasteiger partial charge is 0.341 e. The minimum Gasteiger partial charge on any atom is -0.341 e. The van der Waals surface area contributed by atoms with Crippen LogP contribution in [0.1, 0.15) is 68.5 Å². The number of nitrogens with zero attached hydrogens (tertiary/aromatic N) is 4. The van der Waals surface area contributed by atoms with Gasteiger partial charge in [-0.1, -0.05) is 18.9 Å². The lowest BCUT2D eigenvalue weighted by molar-refractivity contribution is -0.137. The van der Waals surface area contributed by atoms with Gasteiger partial charge in [-0.15, -0.1) is 0 Å². The first-order valence-electron chi connectivity index (χ1n) is 13.4. The van der Waals surface area contributed by atoms with Gasteiger partial charge in [0.15, 0.2) is 5.82 Å². The van der Waals surface area contributed by atoms with Crippen molar-refractivity contribution in [2.75, 3.05) is 22.6 Å². The van der Waals surface area contributed by atoms with E-state index < -0.39 is 17.8 Å². The highest BCUT2D eigenvalue weighted by atomic mass is 19.4. The van der Waals surface area contributed by atoms with Gasteiger partial charge in [0, 0.05) is 48.7 Å². The number of aromatic amines is 1. The van der Waals surface area contributed by atoms with E-state index in [-0.39, 0.29) is 17.8 Å². The second kappa shape index (κ2) is 11.5. The van der Waals surface area contributed by atoms with Crippen molar-refractivity contribution in [2.24, 2.45) is 0 Å². The molecule has 0 unspecified atom stereocenters. The van der Waals surface area contributed by atoms with Gasteiger partial charge < -0.3 is 20.9 Å². The third kappa shape index (κ3) is 6.79. The summed E-state index contributed by atoms with van der Waals surface area (Å²) in [6.07, 6.45) is 5.28. The molecule has 0 aliphatic heterocycles. The minimum atomic E-state index is -4.46. The van der Waals surface area contributed by atoms with Crippen molar-refractivity contribution in [3.05, 3.63) is 53.9 Å². The maximum absolute atomic E-state index is 12.9. The Morgan fingerprint density at radius 1 is 1.03 bits per heavy atom. The van der Waals surface area contributed by atoms with E-state index in [2.05, 4.69) is 47.1 Å². The molecule has 208 valence electrons. The van der Waals surface area contributed by atoms with Crippen LogP contribution in [-0.2, 0) is 6.18 Å². The van der Waals surface area contributed by atoms with E-state index in [4.69, 9.17) is 0 Å². The number of H-pyrrole nitrogens is 1. The number of urea groups is 1. The normalized spacial score (nSPS) is 20.0. The Morgan fingerprint density at radius 2 is 1.79 bits per heavy atom. The zero-order valence-electron chi connectivity index (χ0n) is 21.8. The van der Waals surface area contributed by atoms with Crippen LogP contribution >= 0.6 is 0 Å². The Hall–Kier alpha value is -3.83. The van der Waals surface area contributed by atoms with Crippen LogP contribution in [0.4, 0.5) is 41.2 Å². The third-order valence-electron chi connectivity index (χ3n) is 7.63. The number of halogens is 3. The molecular weight excluding hydrogens is 509 g/mol. The van der Waals surface area contributed by atoms with Gasteiger partial charge in [0.05, 0.1) is 5.56 Å². The molecule has 2 fully saturated rings. The van der Waals surface area contributed by atoms with Crippen molar-refractivity contribution in [2.45, 2.75) is 75.5 Å². The average Bonchev–Trinajstić information content (AvgIpc) is 3.61. The number of carbonyl (C=O) groups excluding carboxylic acids is 1. The number of hydrogen-bond acceptors (Lipinski definition) is 6. The molecule has 2 heterocycles. The van der Waals surface area contributed by atoms with Gasteiger partial charge in [0.2, 0.25) is 5.95 Å². The number of hydrogen-bond donors (Lipinski definition) is 4. The molecular formula is C27H33F3N8O. The van der Waals surface area contributed by atoms with Crippen LogP contribution < -0.4 is 20.9 Å². The van der Waals surface area contributed by atoms with Crippen LogP contribution in [0.25, 0.3) is 0 Å². The molecule has 2 saturated carbocycles. The average molecular weight is 543 g/mol. The first kappa shape index (κ1) is 26.8. The topological polar surface area (TPSA) is 111 Å². The summed E-state index contributed by atoms with van der Waals surface area (Å²) in [5.74, 6) is 2.55. The third-order valence-corrected chi connectivity index (χ3v) is 7.63. The van der Waals surface area contributed by atoms with Crippen molar-refractivity contribution in [3.8, 4) is 0 Å². The van der Waals surface area contributed by atoms with Crippen LogP contribution in [0.15, 0.2) is 42.6 Å². The first-order valence-corrected chi connectivity index (χ1v) is 13.4. The molecule has 1 aromatic carbocycles. The molecule has 39 heavy (non-hydrogen) atoms. The van der Waals surface area contributed by atoms with E-state index in [1.54, 1.807) is 6.20 Å². The van der Waals surface area contributed by atoms with Crippen molar-refractivity contribution in [1.82, 2.24) is 25.5 Å². The van der Waals surface area contributed by atoms with Gasteiger partial charge >= 0.3 is 12.2 Å². The number of alkyl halides is 3. The lowest BCUT2D eigenvalue weighted by atomic mass is 9.90. The summed E-state index contributed by atoms with van der Waals surface area (Å²) >= 11 is 0. The predicted molar refractivity (Wildman–Crippen MR) is 143 cm³/mol. The molecule has 2 aromatic heterocycles. The van der Waals surface area contributed by atoms with Crippen molar-refractivity contribution in [3.63, 3.8) is 0 Å². The predicted octanol–water partition coefficient (Wildman–Crippen LogP) is 6.19. The molecule has 2 aliphatic carbocycles. The number of carbonyl (C=O) groups is 1. The van der Waals surface area contributed by atoms with Crippen LogP contribution in [0.5, 0.6) is 0 Å². The molecule has 0 saturated heterocycles. The Balaban J connectivity index is 1.11. The van der Waals surface area contributed by atoms with E-state index in [1.807, 2.05) is 13.1 Å². The van der Waals surface area contributed by atoms with Crippen molar-refractivity contribution < 1.29 is 18.0 Å². The van der Waals surface area contributed by atoms with Crippen molar-refractivity contribution in [1.29, 1.82) is 0 Å². The second-order valence-electron chi connectivity index (χ2n) is 10.4. The van der Waals surface area contributed by atoms with Gasteiger partial charge in [-0.05, 0) is 62.8 Å². The Morgan fingerprint density at radius 3 is 2.54 bits per heavy atom. The fourth-order valence-electron chi connectivity index (χ4n) is 5.46. The summed E-state index contributed by atoms with van der Waals surface area (Å²) < 4.78 is 38.8. The molecule has 0 bridgehead atoms. The van der Waals surface area contributed by atoms with Crippen LogP contribution in [0.3, 0.4) is 0 Å². The van der Waals surface area contributed by atoms with Gasteiger partial charge in [0.25, 0.3) is 0 Å². The Kier molecular flexibility index (Phi) is 7.89. The molecule has 3 aromatic rings. The number of rotatable bonds is 7. The molecule has 0 radical (unpaired) electrons. The molecule has 0 spiro atoms. The summed E-state index contributed by atoms with van der Waals surface area (Å²) in [6.45, 7) is 0. The summed E-state index contributed by atoms with van der Waals surface area (Å²) in [7, 11) is 1.96. The SMILES string of the molecule is CN(c1nccc(Nc2cc(C3CCCC3)[nH]n2)n1)[C@H]1CC[C@H](NC(=O)Nc2cccc(C(F)(F)F)c2)CC1. The van der Waals surface area contributed by atoms with E-state index in [0.29, 0.717) is 17.7 Å². The fraction of sp³-hybridized carbons (Fsp3) is 0.481. The fourth-order valence-corrected chi connectivity index (χ4v) is 5.46. The number of anilines is 4. The number of nitrogens with one attached hydrogen (secondary N) is 4. The summed E-state index contributed by atoms with van der Waals surface area (Å²) in [6, 6.07) is 8.09. The number of aromatic nitrogens is 4. The van der Waals surface area contributed by atoms with Crippen LogP contribution in [0, 0.1) is 0 Å².